The van der Waals surface area contributed by atoms with Crippen molar-refractivity contribution in [3.63, 3.8) is 0 Å². The minimum atomic E-state index is 0.687. The van der Waals surface area contributed by atoms with Gasteiger partial charge in [0.1, 0.15) is 0 Å². The van der Waals surface area contributed by atoms with E-state index in [0.717, 1.165) is 18.7 Å². The van der Waals surface area contributed by atoms with Gasteiger partial charge in [0.2, 0.25) is 0 Å². The smallest absolute Gasteiger partial charge is 0.0662 e. The summed E-state index contributed by atoms with van der Waals surface area (Å²) >= 11 is 0. The summed E-state index contributed by atoms with van der Waals surface area (Å²) in [7, 11) is 0. The third-order valence-corrected chi connectivity index (χ3v) is 4.42. The summed E-state index contributed by atoms with van der Waals surface area (Å²) in [6.45, 7) is 5.78. The van der Waals surface area contributed by atoms with Gasteiger partial charge in [0.25, 0.3) is 0 Å². The summed E-state index contributed by atoms with van der Waals surface area (Å²) in [5, 5.41) is 4.68. The van der Waals surface area contributed by atoms with Crippen LogP contribution in [0.1, 0.15) is 40.1 Å². The van der Waals surface area contributed by atoms with E-state index in [-0.39, 0.29) is 0 Å². The lowest BCUT2D eigenvalue weighted by atomic mass is 10.1. The third-order valence-electron chi connectivity index (χ3n) is 4.42. The van der Waals surface area contributed by atoms with Crippen LogP contribution in [0.15, 0.2) is 18.2 Å². The van der Waals surface area contributed by atoms with E-state index in [4.69, 9.17) is 5.73 Å². The van der Waals surface area contributed by atoms with Crippen LogP contribution in [0.5, 0.6) is 0 Å². The summed E-state index contributed by atoms with van der Waals surface area (Å²) < 4.78 is 2.12. The van der Waals surface area contributed by atoms with Crippen LogP contribution >= 0.6 is 0 Å². The highest BCUT2D eigenvalue weighted by atomic mass is 15.3. The van der Waals surface area contributed by atoms with Crippen LogP contribution in [0, 0.1) is 13.8 Å². The molecule has 0 atom stereocenters. The Morgan fingerprint density at radius 3 is 2.80 bits per heavy atom. The number of rotatable bonds is 4. The molecule has 20 heavy (non-hydrogen) atoms. The van der Waals surface area contributed by atoms with Crippen LogP contribution in [0.2, 0.25) is 0 Å². The second-order valence-corrected chi connectivity index (χ2v) is 5.80. The van der Waals surface area contributed by atoms with Gasteiger partial charge in [0.05, 0.1) is 12.2 Å². The summed E-state index contributed by atoms with van der Waals surface area (Å²) in [4.78, 5) is 0. The molecule has 0 spiro atoms. The van der Waals surface area contributed by atoms with E-state index in [1.54, 1.807) is 0 Å². The van der Waals surface area contributed by atoms with Gasteiger partial charge >= 0.3 is 0 Å². The summed E-state index contributed by atoms with van der Waals surface area (Å²) in [5.41, 5.74) is 13.8. The molecule has 0 aliphatic heterocycles. The molecule has 2 aromatic rings. The van der Waals surface area contributed by atoms with Crippen molar-refractivity contribution in [1.82, 2.24) is 9.78 Å². The molecule has 0 bridgehead atoms. The van der Waals surface area contributed by atoms with Crippen LogP contribution in [-0.4, -0.2) is 16.3 Å². The van der Waals surface area contributed by atoms with Gasteiger partial charge in [-0.2, -0.15) is 5.10 Å². The van der Waals surface area contributed by atoms with Gasteiger partial charge in [-0.25, -0.2) is 0 Å². The van der Waals surface area contributed by atoms with Crippen LogP contribution in [-0.2, 0) is 25.8 Å². The van der Waals surface area contributed by atoms with Gasteiger partial charge in [-0.05, 0) is 68.3 Å². The van der Waals surface area contributed by atoms with Crippen molar-refractivity contribution in [3.05, 3.63) is 51.8 Å². The second-order valence-electron chi connectivity index (χ2n) is 5.80. The van der Waals surface area contributed by atoms with E-state index >= 15 is 0 Å². The average molecular weight is 269 g/mol. The Balaban J connectivity index is 1.86. The van der Waals surface area contributed by atoms with E-state index in [1.165, 1.54) is 47.2 Å². The number of hydrogen-bond donors (Lipinski definition) is 1. The topological polar surface area (TPSA) is 43.8 Å². The fourth-order valence-electron chi connectivity index (χ4n) is 3.29. The lowest BCUT2D eigenvalue weighted by Crippen LogP contribution is -2.07. The maximum absolute atomic E-state index is 5.68. The standard InChI is InChI=1S/C17H23N3/c1-12-17(8-9-18)13(2)20(19-12)11-14-6-7-15-4-3-5-16(15)10-14/h6-7,10H,3-5,8-9,11,18H2,1-2H3. The van der Waals surface area contributed by atoms with E-state index in [1.807, 2.05) is 0 Å². The Morgan fingerprint density at radius 1 is 1.20 bits per heavy atom. The molecule has 0 radical (unpaired) electrons. The zero-order valence-electron chi connectivity index (χ0n) is 12.4. The normalized spacial score (nSPS) is 13.8. The van der Waals surface area contributed by atoms with Gasteiger partial charge in [0.15, 0.2) is 0 Å². The monoisotopic (exact) mass is 269 g/mol. The zero-order valence-corrected chi connectivity index (χ0v) is 12.4. The predicted octanol–water partition coefficient (Wildman–Crippen LogP) is 2.54. The number of aromatic nitrogens is 2. The van der Waals surface area contributed by atoms with Gasteiger partial charge < -0.3 is 5.73 Å². The number of nitrogens with two attached hydrogens (primary N) is 1. The Morgan fingerprint density at radius 2 is 2.00 bits per heavy atom. The Labute approximate surface area is 120 Å². The molecule has 3 nitrogen and oxygen atoms in total. The Bertz CT molecular complexity index is 625. The molecular formula is C17H23N3. The van der Waals surface area contributed by atoms with Crippen molar-refractivity contribution in [2.24, 2.45) is 5.73 Å². The van der Waals surface area contributed by atoms with Crippen molar-refractivity contribution < 1.29 is 0 Å². The van der Waals surface area contributed by atoms with Crippen LogP contribution in [0.3, 0.4) is 0 Å². The molecule has 2 N–H and O–H groups in total. The highest BCUT2D eigenvalue weighted by Crippen LogP contribution is 2.23. The summed E-state index contributed by atoms with van der Waals surface area (Å²) in [6, 6.07) is 6.91. The molecule has 1 heterocycles. The fourth-order valence-corrected chi connectivity index (χ4v) is 3.29. The molecule has 0 saturated heterocycles. The highest BCUT2D eigenvalue weighted by molar-refractivity contribution is 5.35. The molecule has 0 unspecified atom stereocenters. The van der Waals surface area contributed by atoms with Gasteiger partial charge in [-0.3, -0.25) is 4.68 Å². The Hall–Kier alpha value is -1.61. The van der Waals surface area contributed by atoms with Crippen LogP contribution < -0.4 is 5.73 Å². The zero-order chi connectivity index (χ0) is 14.1. The molecule has 0 fully saturated rings. The van der Waals surface area contributed by atoms with Crippen LogP contribution in [0.25, 0.3) is 0 Å². The quantitative estimate of drug-likeness (QED) is 0.927. The van der Waals surface area contributed by atoms with E-state index in [0.29, 0.717) is 6.54 Å². The summed E-state index contributed by atoms with van der Waals surface area (Å²) in [6.07, 6.45) is 4.70. The number of fused-ring (bicyclic) bond motifs is 1. The first-order chi connectivity index (χ1) is 9.69. The lowest BCUT2D eigenvalue weighted by Gasteiger charge is -2.08. The van der Waals surface area contributed by atoms with E-state index in [9.17, 15) is 0 Å². The molecule has 0 amide bonds. The molecular weight excluding hydrogens is 246 g/mol. The minimum Gasteiger partial charge on any atom is -0.330 e. The maximum Gasteiger partial charge on any atom is 0.0662 e. The first-order valence-electron chi connectivity index (χ1n) is 7.52. The molecule has 3 rings (SSSR count). The minimum absolute atomic E-state index is 0.687. The fraction of sp³-hybridized carbons (Fsp3) is 0.471. The van der Waals surface area contributed by atoms with Gasteiger partial charge in [-0.1, -0.05) is 18.2 Å². The Kier molecular flexibility index (Phi) is 3.62. The van der Waals surface area contributed by atoms with Crippen molar-refractivity contribution in [3.8, 4) is 0 Å². The average Bonchev–Trinajstić information content (AvgIpc) is 2.99. The second kappa shape index (κ2) is 5.41. The van der Waals surface area contributed by atoms with Crippen molar-refractivity contribution in [1.29, 1.82) is 0 Å². The first kappa shape index (κ1) is 13.4. The number of benzene rings is 1. The first-order valence-corrected chi connectivity index (χ1v) is 7.52. The van der Waals surface area contributed by atoms with Gasteiger partial charge in [0, 0.05) is 5.69 Å². The molecule has 1 aliphatic carbocycles. The molecule has 106 valence electrons. The molecule has 3 heteroatoms. The maximum atomic E-state index is 5.68. The predicted molar refractivity (Wildman–Crippen MR) is 82.0 cm³/mol. The number of hydrogen-bond acceptors (Lipinski definition) is 2. The largest absolute Gasteiger partial charge is 0.330 e. The molecule has 1 aromatic carbocycles. The SMILES string of the molecule is Cc1nn(Cc2ccc3c(c2)CCC3)c(C)c1CCN. The highest BCUT2D eigenvalue weighted by Gasteiger charge is 2.13. The lowest BCUT2D eigenvalue weighted by molar-refractivity contribution is 0.657. The number of aryl methyl sites for hydroxylation is 3. The van der Waals surface area contributed by atoms with E-state index in [2.05, 4.69) is 41.8 Å². The molecule has 1 aromatic heterocycles. The molecule has 1 aliphatic rings. The summed E-state index contributed by atoms with van der Waals surface area (Å²) in [5.74, 6) is 0. The van der Waals surface area contributed by atoms with Crippen molar-refractivity contribution in [2.45, 2.75) is 46.1 Å². The van der Waals surface area contributed by atoms with Gasteiger partial charge in [-0.15, -0.1) is 0 Å². The van der Waals surface area contributed by atoms with Crippen molar-refractivity contribution in [2.75, 3.05) is 6.54 Å². The van der Waals surface area contributed by atoms with E-state index < -0.39 is 0 Å². The van der Waals surface area contributed by atoms with Crippen LogP contribution in [0.4, 0.5) is 0 Å². The van der Waals surface area contributed by atoms with Crippen molar-refractivity contribution >= 4 is 0 Å². The number of nitrogens with zero attached hydrogens (tertiary/aromatic N) is 2. The molecule has 0 saturated carbocycles. The third kappa shape index (κ3) is 2.38.